The first-order valence-electron chi connectivity index (χ1n) is 4.62. The van der Waals surface area contributed by atoms with Gasteiger partial charge in [0.05, 0.1) is 0 Å². The van der Waals surface area contributed by atoms with Crippen LogP contribution in [0.25, 0.3) is 0 Å². The lowest BCUT2D eigenvalue weighted by molar-refractivity contribution is -0.194. The number of piperazine rings is 1. The molecule has 1 N–H and O–H groups in total. The summed E-state index contributed by atoms with van der Waals surface area (Å²) in [6.07, 6.45) is -6.40. The second-order valence-electron chi connectivity index (χ2n) is 3.40. The van der Waals surface area contributed by atoms with Crippen molar-refractivity contribution in [2.45, 2.75) is 19.1 Å². The highest BCUT2D eigenvalue weighted by atomic mass is 19.4. The molecule has 1 amide bonds. The standard InChI is InChI=1S/C8H11F3N2O3/c1-5-4-12-2-3-13(5)7(15)16-6(14)8(9,10)11/h5,12H,2-4H2,1H3/t5-/m0/s1. The van der Waals surface area contributed by atoms with E-state index in [2.05, 4.69) is 10.1 Å². The van der Waals surface area contributed by atoms with Crippen LogP contribution >= 0.6 is 0 Å². The minimum Gasteiger partial charge on any atom is -0.369 e. The number of rotatable bonds is 0. The van der Waals surface area contributed by atoms with Gasteiger partial charge >= 0.3 is 18.2 Å². The highest BCUT2D eigenvalue weighted by Gasteiger charge is 2.43. The third-order valence-corrected chi connectivity index (χ3v) is 2.15. The van der Waals surface area contributed by atoms with E-state index in [1.807, 2.05) is 0 Å². The van der Waals surface area contributed by atoms with Crippen LogP contribution in [-0.4, -0.2) is 48.8 Å². The first-order chi connectivity index (χ1) is 7.32. The van der Waals surface area contributed by atoms with Gasteiger partial charge in [0.25, 0.3) is 0 Å². The predicted molar refractivity (Wildman–Crippen MR) is 46.6 cm³/mol. The number of nitrogens with one attached hydrogen (secondary N) is 1. The van der Waals surface area contributed by atoms with Gasteiger partial charge in [-0.3, -0.25) is 0 Å². The molecule has 16 heavy (non-hydrogen) atoms. The lowest BCUT2D eigenvalue weighted by Gasteiger charge is -2.32. The molecule has 5 nitrogen and oxygen atoms in total. The molecule has 0 aromatic heterocycles. The molecule has 1 atom stereocenters. The Balaban J connectivity index is 2.55. The molecule has 92 valence electrons. The number of amides is 1. The van der Waals surface area contributed by atoms with E-state index in [0.29, 0.717) is 13.1 Å². The molecular formula is C8H11F3N2O3. The van der Waals surface area contributed by atoms with Crippen LogP contribution < -0.4 is 5.32 Å². The van der Waals surface area contributed by atoms with Crippen LogP contribution in [0.5, 0.6) is 0 Å². The number of carbonyl (C=O) groups excluding carboxylic acids is 2. The van der Waals surface area contributed by atoms with Gasteiger partial charge in [0.2, 0.25) is 0 Å². The van der Waals surface area contributed by atoms with Gasteiger partial charge in [-0.05, 0) is 6.92 Å². The topological polar surface area (TPSA) is 58.6 Å². The highest BCUT2D eigenvalue weighted by Crippen LogP contribution is 2.17. The lowest BCUT2D eigenvalue weighted by Crippen LogP contribution is -2.53. The number of halogens is 3. The highest BCUT2D eigenvalue weighted by molar-refractivity contribution is 5.87. The van der Waals surface area contributed by atoms with Crippen LogP contribution in [0.1, 0.15) is 6.92 Å². The molecule has 0 radical (unpaired) electrons. The van der Waals surface area contributed by atoms with Crippen molar-refractivity contribution in [2.24, 2.45) is 0 Å². The maximum absolute atomic E-state index is 11.8. The van der Waals surface area contributed by atoms with Crippen LogP contribution in [0, 0.1) is 0 Å². The Morgan fingerprint density at radius 3 is 2.56 bits per heavy atom. The fraction of sp³-hybridized carbons (Fsp3) is 0.750. The summed E-state index contributed by atoms with van der Waals surface area (Å²) in [6, 6.07) is -0.303. The zero-order valence-corrected chi connectivity index (χ0v) is 8.50. The first kappa shape index (κ1) is 12.8. The molecular weight excluding hydrogens is 229 g/mol. The molecule has 0 unspecified atom stereocenters. The molecule has 0 spiro atoms. The number of carbonyl (C=O) groups is 2. The third kappa shape index (κ3) is 3.09. The Morgan fingerprint density at radius 2 is 2.06 bits per heavy atom. The smallest absolute Gasteiger partial charge is 0.369 e. The van der Waals surface area contributed by atoms with Crippen molar-refractivity contribution in [3.8, 4) is 0 Å². The molecule has 8 heteroatoms. The molecule has 1 aliphatic rings. The van der Waals surface area contributed by atoms with E-state index in [-0.39, 0.29) is 12.6 Å². The van der Waals surface area contributed by atoms with Crippen LogP contribution in [0.15, 0.2) is 0 Å². The van der Waals surface area contributed by atoms with Gasteiger partial charge in [0.15, 0.2) is 0 Å². The fourth-order valence-corrected chi connectivity index (χ4v) is 1.31. The summed E-state index contributed by atoms with van der Waals surface area (Å²) in [6.45, 7) is 2.77. The van der Waals surface area contributed by atoms with Crippen molar-refractivity contribution in [3.05, 3.63) is 0 Å². The van der Waals surface area contributed by atoms with E-state index in [1.165, 1.54) is 0 Å². The Morgan fingerprint density at radius 1 is 1.44 bits per heavy atom. The molecule has 1 fully saturated rings. The summed E-state index contributed by atoms with van der Waals surface area (Å²) < 4.78 is 39.2. The van der Waals surface area contributed by atoms with E-state index in [9.17, 15) is 22.8 Å². The maximum atomic E-state index is 11.8. The molecule has 0 aromatic carbocycles. The lowest BCUT2D eigenvalue weighted by atomic mass is 10.2. The summed E-state index contributed by atoms with van der Waals surface area (Å²) >= 11 is 0. The third-order valence-electron chi connectivity index (χ3n) is 2.15. The van der Waals surface area contributed by atoms with Crippen LogP contribution in [0.4, 0.5) is 18.0 Å². The zero-order chi connectivity index (χ0) is 12.3. The van der Waals surface area contributed by atoms with E-state index in [1.54, 1.807) is 6.92 Å². The number of hydrogen-bond donors (Lipinski definition) is 1. The summed E-state index contributed by atoms with van der Waals surface area (Å²) in [5.41, 5.74) is 0. The predicted octanol–water partition coefficient (Wildman–Crippen LogP) is 0.506. The van der Waals surface area contributed by atoms with Crippen molar-refractivity contribution >= 4 is 12.1 Å². The van der Waals surface area contributed by atoms with Crippen molar-refractivity contribution < 1.29 is 27.5 Å². The van der Waals surface area contributed by atoms with Gasteiger partial charge in [-0.1, -0.05) is 0 Å². The second-order valence-corrected chi connectivity index (χ2v) is 3.40. The Labute approximate surface area is 89.5 Å². The number of esters is 1. The molecule has 0 aliphatic carbocycles. The van der Waals surface area contributed by atoms with Gasteiger partial charge in [-0.2, -0.15) is 13.2 Å². The van der Waals surface area contributed by atoms with Crippen LogP contribution in [0.2, 0.25) is 0 Å². The Kier molecular flexibility index (Phi) is 3.74. The molecule has 1 heterocycles. The Hall–Kier alpha value is -1.31. The van der Waals surface area contributed by atoms with Crippen molar-refractivity contribution in [1.29, 1.82) is 0 Å². The summed E-state index contributed by atoms with van der Waals surface area (Å²) in [5.74, 6) is -2.48. The minimum absolute atomic E-state index is 0.213. The van der Waals surface area contributed by atoms with Gasteiger partial charge < -0.3 is 15.0 Å². The van der Waals surface area contributed by atoms with Gasteiger partial charge in [-0.15, -0.1) is 0 Å². The quantitative estimate of drug-likeness (QED) is 0.495. The number of alkyl halides is 3. The average molecular weight is 240 g/mol. The van der Waals surface area contributed by atoms with Crippen molar-refractivity contribution in [1.82, 2.24) is 10.2 Å². The number of nitrogens with zero attached hydrogens (tertiary/aromatic N) is 1. The van der Waals surface area contributed by atoms with Gasteiger partial charge in [0, 0.05) is 25.7 Å². The van der Waals surface area contributed by atoms with Gasteiger partial charge in [-0.25, -0.2) is 9.59 Å². The molecule has 1 rings (SSSR count). The molecule has 1 aliphatic heterocycles. The first-order valence-corrected chi connectivity index (χ1v) is 4.62. The van der Waals surface area contributed by atoms with Crippen LogP contribution in [-0.2, 0) is 9.53 Å². The number of hydrogen-bond acceptors (Lipinski definition) is 4. The zero-order valence-electron chi connectivity index (χ0n) is 8.50. The Bertz CT molecular complexity index is 293. The SMILES string of the molecule is C[C@H]1CNCCN1C(=O)OC(=O)C(F)(F)F. The fourth-order valence-electron chi connectivity index (χ4n) is 1.31. The van der Waals surface area contributed by atoms with E-state index >= 15 is 0 Å². The number of ether oxygens (including phenoxy) is 1. The molecule has 1 saturated heterocycles. The van der Waals surface area contributed by atoms with E-state index < -0.39 is 18.2 Å². The minimum atomic E-state index is -5.15. The molecule has 0 saturated carbocycles. The molecule has 0 aromatic rings. The monoisotopic (exact) mass is 240 g/mol. The van der Waals surface area contributed by atoms with Gasteiger partial charge in [0.1, 0.15) is 0 Å². The van der Waals surface area contributed by atoms with Crippen molar-refractivity contribution in [3.63, 3.8) is 0 Å². The second kappa shape index (κ2) is 4.69. The summed E-state index contributed by atoms with van der Waals surface area (Å²) in [4.78, 5) is 22.7. The van der Waals surface area contributed by atoms with Crippen LogP contribution in [0.3, 0.4) is 0 Å². The normalized spacial score (nSPS) is 21.8. The van der Waals surface area contributed by atoms with E-state index in [0.717, 1.165) is 4.90 Å². The maximum Gasteiger partial charge on any atom is 0.491 e. The average Bonchev–Trinajstić information content (AvgIpc) is 2.16. The molecule has 0 bridgehead atoms. The van der Waals surface area contributed by atoms with Crippen molar-refractivity contribution in [2.75, 3.05) is 19.6 Å². The van der Waals surface area contributed by atoms with E-state index in [4.69, 9.17) is 0 Å². The summed E-state index contributed by atoms with van der Waals surface area (Å²) in [7, 11) is 0. The largest absolute Gasteiger partial charge is 0.491 e. The summed E-state index contributed by atoms with van der Waals surface area (Å²) in [5, 5.41) is 2.95.